The number of aliphatic hydroxyl groups is 2. The minimum atomic E-state index is -0.969. The molecule has 2 aromatic rings. The van der Waals surface area contributed by atoms with Crippen LogP contribution in [0.3, 0.4) is 0 Å². The van der Waals surface area contributed by atoms with Gasteiger partial charge < -0.3 is 29.2 Å². The summed E-state index contributed by atoms with van der Waals surface area (Å²) in [7, 11) is 0. The minimum Gasteiger partial charge on any atom is -0.490 e. The Bertz CT molecular complexity index is 1230. The summed E-state index contributed by atoms with van der Waals surface area (Å²) in [6, 6.07) is 8.07. The summed E-state index contributed by atoms with van der Waals surface area (Å²) in [4.78, 5) is 32.1. The van der Waals surface area contributed by atoms with Crippen LogP contribution in [0.5, 0.6) is 11.5 Å². The quantitative estimate of drug-likeness (QED) is 0.322. The third kappa shape index (κ3) is 8.50. The van der Waals surface area contributed by atoms with E-state index in [9.17, 15) is 19.8 Å². The number of aliphatic imine (C=N–C) groups is 2. The van der Waals surface area contributed by atoms with Crippen molar-refractivity contribution in [2.45, 2.75) is 39.9 Å². The van der Waals surface area contributed by atoms with Gasteiger partial charge in [-0.2, -0.15) is 0 Å². The number of thioether (sulfide) groups is 2. The van der Waals surface area contributed by atoms with Crippen molar-refractivity contribution >= 4 is 45.5 Å². The molecule has 0 amide bonds. The van der Waals surface area contributed by atoms with Crippen molar-refractivity contribution < 1.29 is 38.7 Å². The van der Waals surface area contributed by atoms with Crippen molar-refractivity contribution in [1.29, 1.82) is 0 Å². The molecule has 226 valence electrons. The first-order valence-electron chi connectivity index (χ1n) is 13.7. The zero-order chi connectivity index (χ0) is 30.2. The van der Waals surface area contributed by atoms with E-state index < -0.39 is 24.1 Å². The first kappa shape index (κ1) is 31.9. The van der Waals surface area contributed by atoms with Gasteiger partial charge in [0.2, 0.25) is 0 Å². The molecule has 0 saturated heterocycles. The van der Waals surface area contributed by atoms with Crippen molar-refractivity contribution in [3.63, 3.8) is 0 Å². The number of hydrogen-bond donors (Lipinski definition) is 2. The summed E-state index contributed by atoms with van der Waals surface area (Å²) in [5.74, 6) is 1.84. The van der Waals surface area contributed by atoms with Gasteiger partial charge in [-0.15, -0.1) is 0 Å². The third-order valence-corrected chi connectivity index (χ3v) is 8.34. The second-order valence-electron chi connectivity index (χ2n) is 10.1. The molecule has 2 unspecified atom stereocenters. The summed E-state index contributed by atoms with van der Waals surface area (Å²) in [5.41, 5.74) is 5.61. The molecular weight excluding hydrogens is 580 g/mol. The van der Waals surface area contributed by atoms with Crippen LogP contribution >= 0.6 is 23.5 Å². The van der Waals surface area contributed by atoms with E-state index in [4.69, 9.17) is 18.9 Å². The van der Waals surface area contributed by atoms with Gasteiger partial charge in [-0.05, 0) is 85.3 Å². The van der Waals surface area contributed by atoms with E-state index in [0.717, 1.165) is 44.9 Å². The van der Waals surface area contributed by atoms with E-state index >= 15 is 0 Å². The maximum Gasteiger partial charge on any atom is 0.363 e. The van der Waals surface area contributed by atoms with Crippen LogP contribution in [0.15, 0.2) is 34.3 Å². The smallest absolute Gasteiger partial charge is 0.363 e. The Morgan fingerprint density at radius 3 is 1.36 bits per heavy atom. The fraction of sp³-hybridized carbons (Fsp3) is 0.467. The largest absolute Gasteiger partial charge is 0.490 e. The Morgan fingerprint density at radius 2 is 1.05 bits per heavy atom. The molecule has 0 spiro atoms. The van der Waals surface area contributed by atoms with Gasteiger partial charge in [0.1, 0.15) is 50.1 Å². The number of benzene rings is 2. The van der Waals surface area contributed by atoms with Gasteiger partial charge >= 0.3 is 11.9 Å². The number of carbonyl (C=O) groups is 2. The maximum atomic E-state index is 12.0. The van der Waals surface area contributed by atoms with Crippen LogP contribution in [0.4, 0.5) is 0 Å². The number of esters is 2. The molecule has 12 heteroatoms. The number of nitrogens with zero attached hydrogens (tertiary/aromatic N) is 2. The molecule has 2 aliphatic heterocycles. The monoisotopic (exact) mass is 616 g/mol. The summed E-state index contributed by atoms with van der Waals surface area (Å²) in [6.45, 7) is 8.61. The fourth-order valence-electron chi connectivity index (χ4n) is 4.53. The topological polar surface area (TPSA) is 136 Å². The number of rotatable bonds is 13. The predicted octanol–water partition coefficient (Wildman–Crippen LogP) is 3.44. The van der Waals surface area contributed by atoms with Gasteiger partial charge in [-0.25, -0.2) is 9.59 Å². The molecule has 0 radical (unpaired) electrons. The Morgan fingerprint density at radius 1 is 0.690 bits per heavy atom. The molecule has 0 saturated carbocycles. The van der Waals surface area contributed by atoms with Crippen molar-refractivity contribution in [2.75, 3.05) is 51.0 Å². The van der Waals surface area contributed by atoms with Gasteiger partial charge in [0.05, 0.1) is 0 Å². The normalized spacial score (nSPS) is 16.0. The summed E-state index contributed by atoms with van der Waals surface area (Å²) in [6.07, 6.45) is -1.94. The molecule has 10 nitrogen and oxygen atoms in total. The SMILES string of the molecule is Cc1cc(-c2cc(C)c(OCC(O)COC(=O)C3=NCCS3)c(C)c2)cc(C)c1OCC(O)COC(=O)C1=NCCS1. The molecule has 2 heterocycles. The van der Waals surface area contributed by atoms with E-state index in [1.165, 1.54) is 23.5 Å². The highest BCUT2D eigenvalue weighted by Gasteiger charge is 2.21. The lowest BCUT2D eigenvalue weighted by Crippen LogP contribution is -2.27. The van der Waals surface area contributed by atoms with Crippen LogP contribution in [0.1, 0.15) is 22.3 Å². The first-order valence-corrected chi connectivity index (χ1v) is 15.6. The molecule has 2 aliphatic rings. The third-order valence-electron chi connectivity index (χ3n) is 6.43. The molecule has 0 aromatic heterocycles. The van der Waals surface area contributed by atoms with E-state index in [2.05, 4.69) is 9.98 Å². The molecule has 0 aliphatic carbocycles. The van der Waals surface area contributed by atoms with Crippen molar-refractivity contribution in [3.05, 3.63) is 46.5 Å². The van der Waals surface area contributed by atoms with Crippen LogP contribution in [0.25, 0.3) is 11.1 Å². The maximum absolute atomic E-state index is 12.0. The molecular formula is C30H36N2O8S2. The number of aliphatic hydroxyl groups excluding tert-OH is 2. The van der Waals surface area contributed by atoms with Crippen LogP contribution in [0.2, 0.25) is 0 Å². The molecule has 42 heavy (non-hydrogen) atoms. The standard InChI is InChI=1S/C30H36N2O8S2/c1-17-9-21(10-18(2)25(17)37-13-23(33)15-39-29(35)27-31-5-7-41-27)22-11-19(3)26(20(4)12-22)38-14-24(34)16-40-30(36)28-32-6-8-42-28/h9-12,23-24,33-34H,5-8,13-16H2,1-4H3. The van der Waals surface area contributed by atoms with Crippen LogP contribution in [-0.2, 0) is 19.1 Å². The minimum absolute atomic E-state index is 0.0169. The molecule has 4 rings (SSSR count). The lowest BCUT2D eigenvalue weighted by atomic mass is 9.96. The van der Waals surface area contributed by atoms with E-state index in [1.807, 2.05) is 52.0 Å². The van der Waals surface area contributed by atoms with Gasteiger partial charge in [0, 0.05) is 24.6 Å². The molecule has 0 bridgehead atoms. The highest BCUT2D eigenvalue weighted by molar-refractivity contribution is 8.16. The second kappa shape index (κ2) is 14.9. The van der Waals surface area contributed by atoms with Crippen molar-refractivity contribution in [2.24, 2.45) is 9.98 Å². The van der Waals surface area contributed by atoms with Gasteiger partial charge in [0.15, 0.2) is 10.1 Å². The second-order valence-corrected chi connectivity index (χ2v) is 12.2. The zero-order valence-corrected chi connectivity index (χ0v) is 25.8. The fourth-order valence-corrected chi connectivity index (χ4v) is 6.00. The Hall–Kier alpha value is -3.06. The lowest BCUT2D eigenvalue weighted by molar-refractivity contribution is -0.139. The molecule has 2 atom stereocenters. The van der Waals surface area contributed by atoms with Gasteiger partial charge in [0.25, 0.3) is 0 Å². The molecule has 0 fully saturated rings. The van der Waals surface area contributed by atoms with Gasteiger partial charge in [-0.3, -0.25) is 9.98 Å². The van der Waals surface area contributed by atoms with Crippen LogP contribution in [-0.4, -0.2) is 95.5 Å². The van der Waals surface area contributed by atoms with Gasteiger partial charge in [-0.1, -0.05) is 23.5 Å². The average Bonchev–Trinajstić information content (AvgIpc) is 3.69. The first-order chi connectivity index (χ1) is 20.1. The van der Waals surface area contributed by atoms with E-state index in [1.54, 1.807) is 0 Å². The number of carbonyl (C=O) groups excluding carboxylic acids is 2. The highest BCUT2D eigenvalue weighted by atomic mass is 32.2. The average molecular weight is 617 g/mol. The highest BCUT2D eigenvalue weighted by Crippen LogP contribution is 2.34. The summed E-state index contributed by atoms with van der Waals surface area (Å²) < 4.78 is 22.1. The Balaban J connectivity index is 1.31. The Kier molecular flexibility index (Phi) is 11.3. The summed E-state index contributed by atoms with van der Waals surface area (Å²) >= 11 is 2.71. The number of aryl methyl sites for hydroxylation is 4. The molecule has 2 N–H and O–H groups in total. The van der Waals surface area contributed by atoms with Crippen molar-refractivity contribution in [1.82, 2.24) is 0 Å². The zero-order valence-electron chi connectivity index (χ0n) is 24.2. The number of hydrogen-bond acceptors (Lipinski definition) is 12. The number of ether oxygens (including phenoxy) is 4. The molecule has 2 aromatic carbocycles. The van der Waals surface area contributed by atoms with Crippen LogP contribution in [0, 0.1) is 27.7 Å². The Labute approximate surface area is 253 Å². The summed E-state index contributed by atoms with van der Waals surface area (Å²) in [5, 5.41) is 21.2. The van der Waals surface area contributed by atoms with E-state index in [0.29, 0.717) is 34.7 Å². The van der Waals surface area contributed by atoms with Crippen LogP contribution < -0.4 is 9.47 Å². The van der Waals surface area contributed by atoms with E-state index in [-0.39, 0.29) is 26.4 Å². The lowest BCUT2D eigenvalue weighted by Gasteiger charge is -2.19. The predicted molar refractivity (Wildman–Crippen MR) is 165 cm³/mol. The van der Waals surface area contributed by atoms with Crippen molar-refractivity contribution in [3.8, 4) is 22.6 Å².